The molecule has 2 N–H and O–H groups in total. The van der Waals surface area contributed by atoms with Crippen molar-refractivity contribution in [1.29, 1.82) is 0 Å². The molecule has 3 amide bonds. The fourth-order valence-electron chi connectivity index (χ4n) is 4.86. The molecule has 6 nitrogen and oxygen atoms in total. The normalized spacial score (nSPS) is 21.4. The van der Waals surface area contributed by atoms with E-state index in [9.17, 15) is 14.0 Å². The molecule has 2 heterocycles. The van der Waals surface area contributed by atoms with Gasteiger partial charge in [0.2, 0.25) is 5.91 Å². The average molecular weight is 438 g/mol. The first-order valence-electron chi connectivity index (χ1n) is 11.4. The number of carbonyl (C=O) groups is 2. The predicted molar refractivity (Wildman–Crippen MR) is 119 cm³/mol. The monoisotopic (exact) mass is 437 g/mol. The molecule has 1 aliphatic carbocycles. The van der Waals surface area contributed by atoms with Gasteiger partial charge >= 0.3 is 6.03 Å². The molecule has 0 aromatic heterocycles. The molecule has 2 fully saturated rings. The van der Waals surface area contributed by atoms with E-state index in [0.29, 0.717) is 44.1 Å². The minimum Gasteiger partial charge on any atom is -0.487 e. The third-order valence-corrected chi connectivity index (χ3v) is 6.72. The van der Waals surface area contributed by atoms with Crippen LogP contribution in [0.1, 0.15) is 50.0 Å². The second-order valence-electron chi connectivity index (χ2n) is 9.20. The number of amides is 3. The Morgan fingerprint density at radius 3 is 2.62 bits per heavy atom. The van der Waals surface area contributed by atoms with Gasteiger partial charge in [-0.3, -0.25) is 4.79 Å². The van der Waals surface area contributed by atoms with Crippen LogP contribution in [-0.4, -0.2) is 41.6 Å². The van der Waals surface area contributed by atoms with Crippen LogP contribution >= 0.6 is 0 Å². The summed E-state index contributed by atoms with van der Waals surface area (Å²) in [7, 11) is 0. The molecule has 1 spiro atoms. The molecule has 3 aliphatic rings. The standard InChI is InChI=1S/C25H28FN3O3/c26-18-4-3-5-20(15-18)28-24(31)29-12-10-25(11-13-29)16-17(14-23(30)27-19-8-9-19)21-6-1-2-7-22(21)32-25/h1-7,15,17,19H,8-14,16H2,(H,27,30)(H,28,31). The van der Waals surface area contributed by atoms with E-state index in [1.165, 1.54) is 12.1 Å². The lowest BCUT2D eigenvalue weighted by molar-refractivity contribution is -0.122. The number of hydrogen-bond donors (Lipinski definition) is 2. The Labute approximate surface area is 187 Å². The summed E-state index contributed by atoms with van der Waals surface area (Å²) in [5, 5.41) is 5.88. The number of nitrogens with one attached hydrogen (secondary N) is 2. The van der Waals surface area contributed by atoms with Gasteiger partial charge < -0.3 is 20.3 Å². The number of nitrogens with zero attached hydrogens (tertiary/aromatic N) is 1. The Morgan fingerprint density at radius 2 is 1.88 bits per heavy atom. The van der Waals surface area contributed by atoms with Gasteiger partial charge in [-0.2, -0.15) is 0 Å². The summed E-state index contributed by atoms with van der Waals surface area (Å²) in [6.07, 6.45) is 4.77. The number of anilines is 1. The summed E-state index contributed by atoms with van der Waals surface area (Å²) < 4.78 is 19.9. The summed E-state index contributed by atoms with van der Waals surface area (Å²) in [5.41, 5.74) is 1.16. The van der Waals surface area contributed by atoms with Crippen molar-refractivity contribution < 1.29 is 18.7 Å². The van der Waals surface area contributed by atoms with Crippen LogP contribution in [0.3, 0.4) is 0 Å². The van der Waals surface area contributed by atoms with Crippen LogP contribution in [0.25, 0.3) is 0 Å². The van der Waals surface area contributed by atoms with Gasteiger partial charge in [-0.05, 0) is 49.1 Å². The Kier molecular flexibility index (Phi) is 5.49. The van der Waals surface area contributed by atoms with Crippen LogP contribution in [0.2, 0.25) is 0 Å². The first-order chi connectivity index (χ1) is 15.5. The lowest BCUT2D eigenvalue weighted by Gasteiger charge is -2.46. The van der Waals surface area contributed by atoms with Crippen molar-refractivity contribution in [2.75, 3.05) is 18.4 Å². The molecule has 1 saturated heterocycles. The van der Waals surface area contributed by atoms with E-state index in [-0.39, 0.29) is 29.3 Å². The fourth-order valence-corrected chi connectivity index (χ4v) is 4.86. The number of para-hydroxylation sites is 1. The van der Waals surface area contributed by atoms with Gasteiger partial charge in [0.15, 0.2) is 0 Å². The molecule has 1 saturated carbocycles. The van der Waals surface area contributed by atoms with Crippen molar-refractivity contribution in [3.63, 3.8) is 0 Å². The zero-order valence-electron chi connectivity index (χ0n) is 18.0. The van der Waals surface area contributed by atoms with Gasteiger partial charge in [0.25, 0.3) is 0 Å². The van der Waals surface area contributed by atoms with Gasteiger partial charge in [-0.25, -0.2) is 9.18 Å². The van der Waals surface area contributed by atoms with Crippen LogP contribution < -0.4 is 15.4 Å². The molecular weight excluding hydrogens is 409 g/mol. The van der Waals surface area contributed by atoms with Gasteiger partial charge in [-0.15, -0.1) is 0 Å². The van der Waals surface area contributed by atoms with E-state index in [1.54, 1.807) is 17.0 Å². The quantitative estimate of drug-likeness (QED) is 0.744. The maximum Gasteiger partial charge on any atom is 0.321 e. The third kappa shape index (κ3) is 4.56. The number of ether oxygens (including phenoxy) is 1. The minimum atomic E-state index is -0.383. The van der Waals surface area contributed by atoms with Crippen molar-refractivity contribution in [2.45, 2.75) is 56.1 Å². The Bertz CT molecular complexity index is 1010. The first-order valence-corrected chi connectivity index (χ1v) is 11.4. The Hall–Kier alpha value is -3.09. The van der Waals surface area contributed by atoms with Crippen LogP contribution in [0.15, 0.2) is 48.5 Å². The van der Waals surface area contributed by atoms with Crippen molar-refractivity contribution in [2.24, 2.45) is 0 Å². The molecule has 168 valence electrons. The van der Waals surface area contributed by atoms with Gasteiger partial charge in [0.1, 0.15) is 17.2 Å². The van der Waals surface area contributed by atoms with Crippen LogP contribution in [-0.2, 0) is 4.79 Å². The lowest BCUT2D eigenvalue weighted by Crippen LogP contribution is -2.52. The summed E-state index contributed by atoms with van der Waals surface area (Å²) in [6, 6.07) is 14.0. The second-order valence-corrected chi connectivity index (χ2v) is 9.20. The summed E-state index contributed by atoms with van der Waals surface area (Å²) >= 11 is 0. The predicted octanol–water partition coefficient (Wildman–Crippen LogP) is 4.43. The number of halogens is 1. The molecule has 7 heteroatoms. The molecule has 0 bridgehead atoms. The summed E-state index contributed by atoms with van der Waals surface area (Å²) in [4.78, 5) is 27.0. The smallest absolute Gasteiger partial charge is 0.321 e. The van der Waals surface area contributed by atoms with Crippen molar-refractivity contribution in [1.82, 2.24) is 10.2 Å². The van der Waals surface area contributed by atoms with Crippen LogP contribution in [0, 0.1) is 5.82 Å². The van der Waals surface area contributed by atoms with Crippen molar-refractivity contribution in [3.05, 3.63) is 59.9 Å². The Morgan fingerprint density at radius 1 is 1.09 bits per heavy atom. The number of benzene rings is 2. The lowest BCUT2D eigenvalue weighted by atomic mass is 9.76. The largest absolute Gasteiger partial charge is 0.487 e. The van der Waals surface area contributed by atoms with Crippen molar-refractivity contribution >= 4 is 17.6 Å². The number of fused-ring (bicyclic) bond motifs is 1. The van der Waals surface area contributed by atoms with Gasteiger partial charge in [-0.1, -0.05) is 24.3 Å². The molecule has 0 radical (unpaired) electrons. The van der Waals surface area contributed by atoms with E-state index in [2.05, 4.69) is 16.7 Å². The van der Waals surface area contributed by atoms with Crippen LogP contribution in [0.5, 0.6) is 5.75 Å². The Balaban J connectivity index is 1.25. The molecule has 32 heavy (non-hydrogen) atoms. The molecule has 5 rings (SSSR count). The van der Waals surface area contributed by atoms with E-state index < -0.39 is 0 Å². The van der Waals surface area contributed by atoms with Crippen LogP contribution in [0.4, 0.5) is 14.9 Å². The molecule has 2 aromatic rings. The zero-order chi connectivity index (χ0) is 22.1. The number of hydrogen-bond acceptors (Lipinski definition) is 3. The molecule has 2 aromatic carbocycles. The van der Waals surface area contributed by atoms with E-state index >= 15 is 0 Å². The summed E-state index contributed by atoms with van der Waals surface area (Å²) in [6.45, 7) is 1.09. The van der Waals surface area contributed by atoms with E-state index in [0.717, 1.165) is 30.6 Å². The van der Waals surface area contributed by atoms with Crippen molar-refractivity contribution in [3.8, 4) is 5.75 Å². The number of likely N-dealkylation sites (tertiary alicyclic amines) is 1. The molecular formula is C25H28FN3O3. The molecule has 2 aliphatic heterocycles. The highest BCUT2D eigenvalue weighted by Crippen LogP contribution is 2.46. The van der Waals surface area contributed by atoms with Gasteiger partial charge in [0.05, 0.1) is 0 Å². The SMILES string of the molecule is O=C(CC1CC2(CCN(C(=O)Nc3cccc(F)c3)CC2)Oc2ccccc21)NC1CC1. The fraction of sp³-hybridized carbons (Fsp3) is 0.440. The first kappa shape index (κ1) is 20.8. The van der Waals surface area contributed by atoms with Gasteiger partial charge in [0, 0.05) is 50.0 Å². The minimum absolute atomic E-state index is 0.103. The van der Waals surface area contributed by atoms with E-state index in [4.69, 9.17) is 4.74 Å². The maximum atomic E-state index is 13.4. The average Bonchev–Trinajstić information content (AvgIpc) is 3.58. The topological polar surface area (TPSA) is 70.7 Å². The second kappa shape index (κ2) is 8.45. The highest BCUT2D eigenvalue weighted by Gasteiger charge is 2.44. The van der Waals surface area contributed by atoms with E-state index in [1.807, 2.05) is 18.2 Å². The third-order valence-electron chi connectivity index (χ3n) is 6.72. The number of rotatable bonds is 4. The highest BCUT2D eigenvalue weighted by molar-refractivity contribution is 5.89. The molecule has 1 atom stereocenters. The molecule has 1 unspecified atom stereocenters. The summed E-state index contributed by atoms with van der Waals surface area (Å²) in [5.74, 6) is 0.676. The zero-order valence-corrected chi connectivity index (χ0v) is 18.0. The number of carbonyl (C=O) groups excluding carboxylic acids is 2. The number of piperidine rings is 1. The number of urea groups is 1. The maximum absolute atomic E-state index is 13.4. The highest BCUT2D eigenvalue weighted by atomic mass is 19.1.